The Kier molecular flexibility index (Phi) is 6.27. The molecule has 1 rings (SSSR count). The highest BCUT2D eigenvalue weighted by molar-refractivity contribution is 5.85. The van der Waals surface area contributed by atoms with E-state index in [1.165, 1.54) is 32.1 Å². The zero-order valence-electron chi connectivity index (χ0n) is 11.0. The third kappa shape index (κ3) is 5.35. The van der Waals surface area contributed by atoms with Crippen LogP contribution in [0.1, 0.15) is 46.0 Å². The summed E-state index contributed by atoms with van der Waals surface area (Å²) in [7, 11) is 0. The highest BCUT2D eigenvalue weighted by Gasteiger charge is 2.19. The predicted molar refractivity (Wildman–Crippen MR) is 70.0 cm³/mol. The average molecular weight is 239 g/mol. The van der Waals surface area contributed by atoms with Crippen molar-refractivity contribution in [3.63, 3.8) is 0 Å². The third-order valence-electron chi connectivity index (χ3n) is 3.87. The summed E-state index contributed by atoms with van der Waals surface area (Å²) in [6, 6.07) is 0. The van der Waals surface area contributed by atoms with Crippen molar-refractivity contribution in [2.75, 3.05) is 13.1 Å². The Morgan fingerprint density at radius 3 is 2.41 bits per heavy atom. The molecule has 0 amide bonds. The van der Waals surface area contributed by atoms with Crippen molar-refractivity contribution >= 4 is 5.97 Å². The van der Waals surface area contributed by atoms with Crippen molar-refractivity contribution < 1.29 is 9.90 Å². The summed E-state index contributed by atoms with van der Waals surface area (Å²) in [5.74, 6) is 0.909. The highest BCUT2D eigenvalue weighted by Crippen LogP contribution is 2.29. The van der Waals surface area contributed by atoms with Crippen molar-refractivity contribution in [1.82, 2.24) is 5.32 Å². The summed E-state index contributed by atoms with van der Waals surface area (Å²) in [6.07, 6.45) is 8.46. The molecular weight excluding hydrogens is 214 g/mol. The van der Waals surface area contributed by atoms with Gasteiger partial charge >= 0.3 is 5.97 Å². The van der Waals surface area contributed by atoms with Gasteiger partial charge in [0.2, 0.25) is 0 Å². The maximum Gasteiger partial charge on any atom is 0.330 e. The van der Waals surface area contributed by atoms with Crippen LogP contribution in [0, 0.1) is 11.8 Å². The Labute approximate surface area is 104 Å². The maximum atomic E-state index is 10.6. The Bertz CT molecular complexity index is 265. The zero-order chi connectivity index (χ0) is 12.7. The fourth-order valence-electron chi connectivity index (χ4n) is 2.44. The molecule has 0 saturated heterocycles. The molecule has 3 nitrogen and oxygen atoms in total. The van der Waals surface area contributed by atoms with Crippen molar-refractivity contribution in [2.45, 2.75) is 46.0 Å². The number of hydrogen-bond donors (Lipinski definition) is 2. The number of rotatable bonds is 6. The van der Waals surface area contributed by atoms with Gasteiger partial charge in [0, 0.05) is 12.1 Å². The summed E-state index contributed by atoms with van der Waals surface area (Å²) in [5, 5.41) is 12.0. The molecule has 17 heavy (non-hydrogen) atoms. The fraction of sp³-hybridized carbons (Fsp3) is 0.786. The first-order valence-corrected chi connectivity index (χ1v) is 6.74. The van der Waals surface area contributed by atoms with E-state index in [0.29, 0.717) is 12.1 Å². The molecule has 98 valence electrons. The first kappa shape index (κ1) is 14.2. The molecule has 0 unspecified atom stereocenters. The second kappa shape index (κ2) is 7.49. The Balaban J connectivity index is 2.12. The molecule has 2 N–H and O–H groups in total. The summed E-state index contributed by atoms with van der Waals surface area (Å²) in [6.45, 7) is 5.62. The number of carbonyl (C=O) groups is 1. The fourth-order valence-corrected chi connectivity index (χ4v) is 2.44. The predicted octanol–water partition coefficient (Wildman–Crippen LogP) is 2.82. The van der Waals surface area contributed by atoms with Crippen molar-refractivity contribution in [3.05, 3.63) is 11.6 Å². The molecular formula is C14H25NO2. The summed E-state index contributed by atoms with van der Waals surface area (Å²) in [4.78, 5) is 10.6. The number of nitrogens with one attached hydrogen (secondary N) is 1. The van der Waals surface area contributed by atoms with Crippen LogP contribution in [-0.2, 0) is 4.79 Å². The SMILES string of the molecule is CCC1CCC(CNC/C=C(/C)C(=O)O)CC1. The van der Waals surface area contributed by atoms with Gasteiger partial charge < -0.3 is 10.4 Å². The molecule has 0 spiro atoms. The first-order valence-electron chi connectivity index (χ1n) is 6.74. The molecule has 0 aromatic carbocycles. The van der Waals surface area contributed by atoms with Crippen LogP contribution in [0.25, 0.3) is 0 Å². The smallest absolute Gasteiger partial charge is 0.330 e. The van der Waals surface area contributed by atoms with Gasteiger partial charge in [-0.2, -0.15) is 0 Å². The van der Waals surface area contributed by atoms with Crippen molar-refractivity contribution in [2.24, 2.45) is 11.8 Å². The van der Waals surface area contributed by atoms with Crippen LogP contribution in [-0.4, -0.2) is 24.2 Å². The van der Waals surface area contributed by atoms with E-state index in [0.717, 1.165) is 18.4 Å². The van der Waals surface area contributed by atoms with Gasteiger partial charge in [-0.1, -0.05) is 32.3 Å². The van der Waals surface area contributed by atoms with E-state index in [4.69, 9.17) is 5.11 Å². The Hall–Kier alpha value is -0.830. The van der Waals surface area contributed by atoms with Crippen LogP contribution < -0.4 is 5.32 Å². The molecule has 1 aliphatic carbocycles. The van der Waals surface area contributed by atoms with E-state index in [-0.39, 0.29) is 0 Å². The van der Waals surface area contributed by atoms with Gasteiger partial charge in [-0.25, -0.2) is 4.79 Å². The number of hydrogen-bond acceptors (Lipinski definition) is 2. The lowest BCUT2D eigenvalue weighted by Crippen LogP contribution is -2.26. The maximum absolute atomic E-state index is 10.6. The molecule has 0 bridgehead atoms. The van der Waals surface area contributed by atoms with Gasteiger partial charge in [-0.05, 0) is 38.1 Å². The summed E-state index contributed by atoms with van der Waals surface area (Å²) >= 11 is 0. The normalized spacial score (nSPS) is 25.9. The van der Waals surface area contributed by atoms with Crippen molar-refractivity contribution in [1.29, 1.82) is 0 Å². The molecule has 0 atom stereocenters. The van der Waals surface area contributed by atoms with Gasteiger partial charge in [0.1, 0.15) is 0 Å². The Morgan fingerprint density at radius 1 is 1.29 bits per heavy atom. The van der Waals surface area contributed by atoms with E-state index in [1.54, 1.807) is 13.0 Å². The van der Waals surface area contributed by atoms with Crippen LogP contribution >= 0.6 is 0 Å². The Morgan fingerprint density at radius 2 is 1.88 bits per heavy atom. The molecule has 0 aromatic rings. The minimum absolute atomic E-state index is 0.423. The van der Waals surface area contributed by atoms with Crippen LogP contribution in [0.2, 0.25) is 0 Å². The largest absolute Gasteiger partial charge is 0.478 e. The molecule has 0 radical (unpaired) electrons. The van der Waals surface area contributed by atoms with E-state index in [1.807, 2.05) is 0 Å². The molecule has 0 aromatic heterocycles. The topological polar surface area (TPSA) is 49.3 Å². The lowest BCUT2D eigenvalue weighted by atomic mass is 9.81. The molecule has 3 heteroatoms. The second-order valence-electron chi connectivity index (χ2n) is 5.15. The number of aliphatic carboxylic acids is 1. The van der Waals surface area contributed by atoms with Gasteiger partial charge in [0.25, 0.3) is 0 Å². The highest BCUT2D eigenvalue weighted by atomic mass is 16.4. The lowest BCUT2D eigenvalue weighted by molar-refractivity contribution is -0.132. The lowest BCUT2D eigenvalue weighted by Gasteiger charge is -2.27. The van der Waals surface area contributed by atoms with Gasteiger partial charge in [0.15, 0.2) is 0 Å². The third-order valence-corrected chi connectivity index (χ3v) is 3.87. The summed E-state index contributed by atoms with van der Waals surface area (Å²) in [5.41, 5.74) is 0.423. The summed E-state index contributed by atoms with van der Waals surface area (Å²) < 4.78 is 0. The van der Waals surface area contributed by atoms with E-state index < -0.39 is 5.97 Å². The van der Waals surface area contributed by atoms with Crippen LogP contribution in [0.4, 0.5) is 0 Å². The van der Waals surface area contributed by atoms with E-state index in [9.17, 15) is 4.79 Å². The molecule has 0 aliphatic heterocycles. The van der Waals surface area contributed by atoms with E-state index >= 15 is 0 Å². The van der Waals surface area contributed by atoms with Gasteiger partial charge in [-0.15, -0.1) is 0 Å². The average Bonchev–Trinajstić information content (AvgIpc) is 2.35. The van der Waals surface area contributed by atoms with Crippen LogP contribution in [0.15, 0.2) is 11.6 Å². The quantitative estimate of drug-likeness (QED) is 0.553. The van der Waals surface area contributed by atoms with Gasteiger partial charge in [0.05, 0.1) is 0 Å². The second-order valence-corrected chi connectivity index (χ2v) is 5.15. The minimum atomic E-state index is -0.824. The molecule has 1 saturated carbocycles. The molecule has 1 fully saturated rings. The molecule has 0 heterocycles. The standard InChI is InChI=1S/C14H25NO2/c1-3-12-4-6-13(7-5-12)10-15-9-8-11(2)14(16)17/h8,12-13,15H,3-7,9-10H2,1-2H3,(H,16,17)/b11-8-. The monoisotopic (exact) mass is 239 g/mol. The first-order chi connectivity index (χ1) is 8.13. The van der Waals surface area contributed by atoms with Crippen LogP contribution in [0.3, 0.4) is 0 Å². The minimum Gasteiger partial charge on any atom is -0.478 e. The van der Waals surface area contributed by atoms with Crippen LogP contribution in [0.5, 0.6) is 0 Å². The molecule has 1 aliphatic rings. The number of carboxylic acids is 1. The van der Waals surface area contributed by atoms with E-state index in [2.05, 4.69) is 12.2 Å². The van der Waals surface area contributed by atoms with Crippen molar-refractivity contribution in [3.8, 4) is 0 Å². The zero-order valence-corrected chi connectivity index (χ0v) is 11.0. The van der Waals surface area contributed by atoms with Gasteiger partial charge in [-0.3, -0.25) is 0 Å². The number of carboxylic acid groups (broad SMARTS) is 1.